The molecule has 3 aromatic rings. The van der Waals surface area contributed by atoms with E-state index >= 15 is 0 Å². The molecule has 2 aromatic heterocycles. The first-order chi connectivity index (χ1) is 15.1. The number of thiocarbonyl (C=S) groups is 1. The lowest BCUT2D eigenvalue weighted by Gasteiger charge is -2.12. The Bertz CT molecular complexity index is 1220. The van der Waals surface area contributed by atoms with Crippen LogP contribution in [0.2, 0.25) is 0 Å². The van der Waals surface area contributed by atoms with Gasteiger partial charge in [-0.15, -0.1) is 0 Å². The number of aromatic nitrogens is 2. The summed E-state index contributed by atoms with van der Waals surface area (Å²) in [6, 6.07) is 15.5. The number of pyridine rings is 1. The van der Waals surface area contributed by atoms with E-state index in [1.807, 2.05) is 31.2 Å². The summed E-state index contributed by atoms with van der Waals surface area (Å²) < 4.78 is 2.01. The third kappa shape index (κ3) is 4.55. The van der Waals surface area contributed by atoms with Gasteiger partial charge in [0.2, 0.25) is 0 Å². The predicted octanol–water partition coefficient (Wildman–Crippen LogP) is 3.96. The molecule has 0 spiro atoms. The highest BCUT2D eigenvalue weighted by Gasteiger charge is 2.31. The summed E-state index contributed by atoms with van der Waals surface area (Å²) in [5, 5.41) is 3.30. The summed E-state index contributed by atoms with van der Waals surface area (Å²) in [6.45, 7) is 3.17. The van der Waals surface area contributed by atoms with E-state index in [9.17, 15) is 9.59 Å². The highest BCUT2D eigenvalue weighted by atomic mass is 32.2. The summed E-state index contributed by atoms with van der Waals surface area (Å²) in [4.78, 5) is 32.7. The number of hydrogen-bond donors (Lipinski definition) is 1. The molecule has 0 radical (unpaired) electrons. The van der Waals surface area contributed by atoms with Crippen LogP contribution in [0.1, 0.15) is 24.5 Å². The van der Waals surface area contributed by atoms with Crippen LogP contribution in [0.3, 0.4) is 0 Å². The molecule has 0 unspecified atom stereocenters. The molecule has 1 aliphatic rings. The number of benzene rings is 1. The fourth-order valence-corrected chi connectivity index (χ4v) is 4.68. The number of nitrogens with one attached hydrogen (secondary N) is 1. The second-order valence-electron chi connectivity index (χ2n) is 7.10. The Morgan fingerprint density at radius 2 is 1.90 bits per heavy atom. The van der Waals surface area contributed by atoms with E-state index in [1.165, 1.54) is 21.7 Å². The summed E-state index contributed by atoms with van der Waals surface area (Å²) in [5.74, 6) is 0.303. The van der Waals surface area contributed by atoms with E-state index in [-0.39, 0.29) is 11.5 Å². The van der Waals surface area contributed by atoms with Gasteiger partial charge in [0.25, 0.3) is 11.5 Å². The van der Waals surface area contributed by atoms with Crippen LogP contribution in [0.25, 0.3) is 11.7 Å². The Morgan fingerprint density at radius 3 is 2.68 bits per heavy atom. The second-order valence-corrected chi connectivity index (χ2v) is 8.78. The number of fused-ring (bicyclic) bond motifs is 1. The molecule has 31 heavy (non-hydrogen) atoms. The number of hydrogen-bond acceptors (Lipinski definition) is 6. The summed E-state index contributed by atoms with van der Waals surface area (Å²) >= 11 is 6.58. The molecule has 0 atom stereocenters. The van der Waals surface area contributed by atoms with Crippen LogP contribution < -0.4 is 10.9 Å². The molecule has 8 heteroatoms. The molecule has 6 nitrogen and oxygen atoms in total. The number of anilines is 1. The first kappa shape index (κ1) is 21.3. The van der Waals surface area contributed by atoms with Gasteiger partial charge in [-0.2, -0.15) is 0 Å². The van der Waals surface area contributed by atoms with Gasteiger partial charge < -0.3 is 5.32 Å². The highest BCUT2D eigenvalue weighted by Crippen LogP contribution is 2.33. The standard InChI is InChI=1S/C23H22N4O2S2/c1-2-13-27-22(29)18(31-23(27)30)15-17-20(24-12-11-16-8-4-3-5-9-16)25-19-10-6-7-14-26(19)21(17)28/h3-10,14-15,24H,2,11-13H2,1H3/b18-15-. The van der Waals surface area contributed by atoms with Crippen LogP contribution in [-0.2, 0) is 11.2 Å². The minimum Gasteiger partial charge on any atom is -0.369 e. The van der Waals surface area contributed by atoms with Crippen molar-refractivity contribution < 1.29 is 4.79 Å². The van der Waals surface area contributed by atoms with Gasteiger partial charge in [0.15, 0.2) is 0 Å². The molecule has 1 aromatic carbocycles. The third-order valence-corrected chi connectivity index (χ3v) is 6.29. The van der Waals surface area contributed by atoms with Crippen molar-refractivity contribution in [2.75, 3.05) is 18.4 Å². The minimum atomic E-state index is -0.228. The quantitative estimate of drug-likeness (QED) is 0.434. The van der Waals surface area contributed by atoms with Gasteiger partial charge in [0.1, 0.15) is 15.8 Å². The van der Waals surface area contributed by atoms with Crippen LogP contribution in [-0.4, -0.2) is 37.6 Å². The van der Waals surface area contributed by atoms with E-state index in [0.29, 0.717) is 39.3 Å². The molecule has 0 aliphatic carbocycles. The average Bonchev–Trinajstić information content (AvgIpc) is 3.05. The largest absolute Gasteiger partial charge is 0.369 e. The van der Waals surface area contributed by atoms with Gasteiger partial charge in [0.05, 0.1) is 10.5 Å². The number of nitrogens with zero attached hydrogens (tertiary/aromatic N) is 3. The van der Waals surface area contributed by atoms with Gasteiger partial charge in [-0.05, 0) is 36.6 Å². The molecular weight excluding hydrogens is 428 g/mol. The van der Waals surface area contributed by atoms with Crippen molar-refractivity contribution in [1.29, 1.82) is 0 Å². The monoisotopic (exact) mass is 450 g/mol. The Morgan fingerprint density at radius 1 is 1.13 bits per heavy atom. The Labute approximate surface area is 190 Å². The smallest absolute Gasteiger partial charge is 0.267 e. The molecule has 1 saturated heterocycles. The van der Waals surface area contributed by atoms with Crippen molar-refractivity contribution in [3.05, 3.63) is 81.1 Å². The van der Waals surface area contributed by atoms with E-state index in [1.54, 1.807) is 29.3 Å². The van der Waals surface area contributed by atoms with Crippen LogP contribution in [0.5, 0.6) is 0 Å². The van der Waals surface area contributed by atoms with Crippen molar-refractivity contribution in [3.63, 3.8) is 0 Å². The van der Waals surface area contributed by atoms with E-state index in [0.717, 1.165) is 12.8 Å². The lowest BCUT2D eigenvalue weighted by atomic mass is 10.1. The predicted molar refractivity (Wildman–Crippen MR) is 130 cm³/mol. The van der Waals surface area contributed by atoms with Crippen molar-refractivity contribution >= 4 is 51.7 Å². The zero-order valence-electron chi connectivity index (χ0n) is 17.1. The summed E-state index contributed by atoms with van der Waals surface area (Å²) in [5.41, 5.74) is 1.86. The highest BCUT2D eigenvalue weighted by molar-refractivity contribution is 8.26. The zero-order chi connectivity index (χ0) is 21.8. The van der Waals surface area contributed by atoms with Crippen molar-refractivity contribution in [1.82, 2.24) is 14.3 Å². The van der Waals surface area contributed by atoms with Gasteiger partial charge in [0, 0.05) is 19.3 Å². The zero-order valence-corrected chi connectivity index (χ0v) is 18.7. The number of amides is 1. The minimum absolute atomic E-state index is 0.162. The van der Waals surface area contributed by atoms with Gasteiger partial charge >= 0.3 is 0 Å². The molecule has 0 bridgehead atoms. The number of carbonyl (C=O) groups excluding carboxylic acids is 1. The molecule has 1 amide bonds. The normalized spacial score (nSPS) is 15.3. The van der Waals surface area contributed by atoms with Crippen LogP contribution in [0.4, 0.5) is 5.82 Å². The first-order valence-electron chi connectivity index (χ1n) is 10.1. The summed E-state index contributed by atoms with van der Waals surface area (Å²) in [7, 11) is 0. The molecule has 1 aliphatic heterocycles. The van der Waals surface area contributed by atoms with Gasteiger partial charge in [-0.1, -0.05) is 67.3 Å². The number of carbonyl (C=O) groups is 1. The molecular formula is C23H22N4O2S2. The van der Waals surface area contributed by atoms with Crippen LogP contribution in [0.15, 0.2) is 64.4 Å². The Hall–Kier alpha value is -2.97. The molecule has 1 fully saturated rings. The lowest BCUT2D eigenvalue weighted by molar-refractivity contribution is -0.122. The van der Waals surface area contributed by atoms with Crippen molar-refractivity contribution in [2.24, 2.45) is 0 Å². The lowest BCUT2D eigenvalue weighted by Crippen LogP contribution is -2.28. The Balaban J connectivity index is 1.70. The Kier molecular flexibility index (Phi) is 6.48. The SMILES string of the molecule is CCCN1C(=O)/C(=C/c2c(NCCc3ccccc3)nc3ccccn3c2=O)SC1=S. The topological polar surface area (TPSA) is 66.7 Å². The van der Waals surface area contributed by atoms with Gasteiger partial charge in [-0.25, -0.2) is 4.98 Å². The number of rotatable bonds is 7. The van der Waals surface area contributed by atoms with E-state index < -0.39 is 0 Å². The molecule has 1 N–H and O–H groups in total. The average molecular weight is 451 g/mol. The summed E-state index contributed by atoms with van der Waals surface area (Å²) in [6.07, 6.45) is 4.90. The van der Waals surface area contributed by atoms with E-state index in [4.69, 9.17) is 12.2 Å². The van der Waals surface area contributed by atoms with Crippen molar-refractivity contribution in [2.45, 2.75) is 19.8 Å². The van der Waals surface area contributed by atoms with Crippen LogP contribution in [0, 0.1) is 0 Å². The van der Waals surface area contributed by atoms with Gasteiger partial charge in [-0.3, -0.25) is 18.9 Å². The molecule has 3 heterocycles. The molecule has 158 valence electrons. The second kappa shape index (κ2) is 9.45. The molecule has 0 saturated carbocycles. The van der Waals surface area contributed by atoms with Crippen molar-refractivity contribution in [3.8, 4) is 0 Å². The van der Waals surface area contributed by atoms with Crippen LogP contribution >= 0.6 is 24.0 Å². The molecule has 4 rings (SSSR count). The maximum Gasteiger partial charge on any atom is 0.267 e. The third-order valence-electron chi connectivity index (χ3n) is 4.91. The fourth-order valence-electron chi connectivity index (χ4n) is 3.38. The number of thioether (sulfide) groups is 1. The van der Waals surface area contributed by atoms with E-state index in [2.05, 4.69) is 22.4 Å². The maximum absolute atomic E-state index is 13.2. The maximum atomic E-state index is 13.2. The first-order valence-corrected chi connectivity index (χ1v) is 11.4. The fraction of sp³-hybridized carbons (Fsp3) is 0.217.